The number of hydrogen-bond donors (Lipinski definition) is 0. The van der Waals surface area contributed by atoms with Crippen LogP contribution >= 0.6 is 0 Å². The lowest BCUT2D eigenvalue weighted by Gasteiger charge is -1.65. The van der Waals surface area contributed by atoms with Gasteiger partial charge in [0.2, 0.25) is 12.3 Å². The molecule has 1 heteroatoms. The van der Waals surface area contributed by atoms with Crippen molar-refractivity contribution >= 4 is 5.71 Å². The summed E-state index contributed by atoms with van der Waals surface area (Å²) in [7, 11) is 0. The van der Waals surface area contributed by atoms with Crippen LogP contribution in [-0.4, -0.2) is 23.4 Å². The average molecular weight is 84.1 g/mol. The molecule has 1 rings (SSSR count). The van der Waals surface area contributed by atoms with E-state index in [1.165, 1.54) is 18.8 Å². The van der Waals surface area contributed by atoms with Gasteiger partial charge in [0.25, 0.3) is 0 Å². The standard InChI is InChI=1S/C5H10N/c1-3-6-4-5(6)2/h3-4H2,1-2H3/q+1. The highest BCUT2D eigenvalue weighted by Crippen LogP contribution is 1.93. The van der Waals surface area contributed by atoms with Crippen LogP contribution < -0.4 is 0 Å². The second-order valence-corrected chi connectivity index (χ2v) is 1.75. The lowest BCUT2D eigenvalue weighted by Crippen LogP contribution is -1.85. The van der Waals surface area contributed by atoms with Gasteiger partial charge >= 0.3 is 0 Å². The quantitative estimate of drug-likeness (QED) is 0.407. The van der Waals surface area contributed by atoms with Gasteiger partial charge in [-0.15, -0.1) is 0 Å². The summed E-state index contributed by atoms with van der Waals surface area (Å²) < 4.78 is 2.33. The molecule has 0 N–H and O–H groups in total. The summed E-state index contributed by atoms with van der Waals surface area (Å²) in [4.78, 5) is 0. The SMILES string of the molecule is CC[N+]1=C(C)C1. The molecule has 0 aliphatic carbocycles. The molecule has 0 saturated heterocycles. The van der Waals surface area contributed by atoms with Gasteiger partial charge in [0, 0.05) is 6.92 Å². The third-order valence-electron chi connectivity index (χ3n) is 1.24. The minimum absolute atomic E-state index is 1.20. The van der Waals surface area contributed by atoms with Crippen molar-refractivity contribution < 1.29 is 4.58 Å². The molecule has 0 aromatic heterocycles. The fraction of sp³-hybridized carbons (Fsp3) is 0.800. The molecule has 1 heterocycles. The molecule has 0 radical (unpaired) electrons. The Kier molecular flexibility index (Phi) is 0.685. The topological polar surface area (TPSA) is 3.01 Å². The molecule has 34 valence electrons. The Labute approximate surface area is 38.3 Å². The van der Waals surface area contributed by atoms with Gasteiger partial charge in [0.05, 0.1) is 0 Å². The van der Waals surface area contributed by atoms with Crippen molar-refractivity contribution in [1.29, 1.82) is 0 Å². The highest BCUT2D eigenvalue weighted by Gasteiger charge is 2.24. The van der Waals surface area contributed by atoms with E-state index in [2.05, 4.69) is 18.4 Å². The fourth-order valence-corrected chi connectivity index (χ4v) is 0.623. The highest BCUT2D eigenvalue weighted by atomic mass is 15.1. The van der Waals surface area contributed by atoms with Crippen molar-refractivity contribution in [2.75, 3.05) is 13.1 Å². The molecule has 0 saturated carbocycles. The van der Waals surface area contributed by atoms with Crippen LogP contribution in [0.4, 0.5) is 0 Å². The van der Waals surface area contributed by atoms with E-state index in [9.17, 15) is 0 Å². The summed E-state index contributed by atoms with van der Waals surface area (Å²) in [6.45, 7) is 6.79. The molecule has 0 fully saturated rings. The maximum Gasteiger partial charge on any atom is 0.221 e. The molecular weight excluding hydrogens is 74.1 g/mol. The van der Waals surface area contributed by atoms with Crippen molar-refractivity contribution in [3.8, 4) is 0 Å². The zero-order valence-electron chi connectivity index (χ0n) is 4.36. The van der Waals surface area contributed by atoms with Crippen LogP contribution in [0.2, 0.25) is 0 Å². The summed E-state index contributed by atoms with van der Waals surface area (Å²) in [5.74, 6) is 0. The third-order valence-corrected chi connectivity index (χ3v) is 1.24. The van der Waals surface area contributed by atoms with Gasteiger partial charge < -0.3 is 0 Å². The number of hydrogen-bond acceptors (Lipinski definition) is 0. The highest BCUT2D eigenvalue weighted by molar-refractivity contribution is 5.85. The molecule has 0 amide bonds. The van der Waals surface area contributed by atoms with Gasteiger partial charge in [-0.25, -0.2) is 4.58 Å². The van der Waals surface area contributed by atoms with E-state index in [1.54, 1.807) is 0 Å². The monoisotopic (exact) mass is 84.1 g/mol. The molecule has 0 atom stereocenters. The molecule has 1 aliphatic rings. The van der Waals surface area contributed by atoms with Gasteiger partial charge in [0.15, 0.2) is 0 Å². The van der Waals surface area contributed by atoms with E-state index in [0.29, 0.717) is 0 Å². The Morgan fingerprint density at radius 1 is 1.83 bits per heavy atom. The minimum Gasteiger partial charge on any atom is -0.222 e. The Bertz CT molecular complexity index is 92.1. The van der Waals surface area contributed by atoms with Gasteiger partial charge in [0.1, 0.15) is 6.54 Å². The summed E-state index contributed by atoms with van der Waals surface area (Å²) in [5, 5.41) is 0. The Balaban J connectivity index is 2.38. The molecular formula is C5H10N+. The number of rotatable bonds is 1. The normalized spacial score (nSPS) is 19.0. The van der Waals surface area contributed by atoms with Crippen LogP contribution in [0, 0.1) is 0 Å². The van der Waals surface area contributed by atoms with E-state index < -0.39 is 0 Å². The van der Waals surface area contributed by atoms with Crippen molar-refractivity contribution in [3.63, 3.8) is 0 Å². The zero-order chi connectivity index (χ0) is 4.57. The molecule has 0 aromatic rings. The average Bonchev–Trinajstić information content (AvgIpc) is 2.19. The zero-order valence-corrected chi connectivity index (χ0v) is 4.36. The minimum atomic E-state index is 1.20. The second kappa shape index (κ2) is 1.07. The second-order valence-electron chi connectivity index (χ2n) is 1.75. The molecule has 1 nitrogen and oxygen atoms in total. The fourth-order valence-electron chi connectivity index (χ4n) is 0.623. The maximum atomic E-state index is 2.33. The van der Waals surface area contributed by atoms with E-state index in [0.717, 1.165) is 0 Å². The Morgan fingerprint density at radius 2 is 2.33 bits per heavy atom. The molecule has 1 aliphatic heterocycles. The van der Waals surface area contributed by atoms with Crippen LogP contribution in [-0.2, 0) is 0 Å². The lowest BCUT2D eigenvalue weighted by molar-refractivity contribution is -0.436. The Morgan fingerprint density at radius 3 is 2.33 bits per heavy atom. The van der Waals surface area contributed by atoms with E-state index >= 15 is 0 Å². The first kappa shape index (κ1) is 3.85. The summed E-state index contributed by atoms with van der Waals surface area (Å²) in [5.41, 5.74) is 1.54. The van der Waals surface area contributed by atoms with Crippen LogP contribution in [0.1, 0.15) is 13.8 Å². The van der Waals surface area contributed by atoms with Gasteiger partial charge in [-0.1, -0.05) is 0 Å². The third kappa shape index (κ3) is 0.445. The van der Waals surface area contributed by atoms with Crippen LogP contribution in [0.15, 0.2) is 0 Å². The summed E-state index contributed by atoms with van der Waals surface area (Å²) in [6.07, 6.45) is 0. The van der Waals surface area contributed by atoms with Crippen LogP contribution in [0.3, 0.4) is 0 Å². The predicted octanol–water partition coefficient (Wildman–Crippen LogP) is 0.493. The largest absolute Gasteiger partial charge is 0.222 e. The van der Waals surface area contributed by atoms with E-state index in [1.807, 2.05) is 0 Å². The van der Waals surface area contributed by atoms with Crippen molar-refractivity contribution in [3.05, 3.63) is 0 Å². The number of nitrogens with zero attached hydrogens (tertiary/aromatic N) is 1. The van der Waals surface area contributed by atoms with Crippen molar-refractivity contribution in [1.82, 2.24) is 0 Å². The predicted molar refractivity (Wildman–Crippen MR) is 26.3 cm³/mol. The first-order valence-electron chi connectivity index (χ1n) is 2.42. The lowest BCUT2D eigenvalue weighted by atomic mass is 10.6. The van der Waals surface area contributed by atoms with E-state index in [4.69, 9.17) is 0 Å². The van der Waals surface area contributed by atoms with Gasteiger partial charge in [-0.3, -0.25) is 0 Å². The van der Waals surface area contributed by atoms with Crippen molar-refractivity contribution in [2.45, 2.75) is 13.8 Å². The Hall–Kier alpha value is -0.330. The van der Waals surface area contributed by atoms with Crippen LogP contribution in [0.5, 0.6) is 0 Å². The van der Waals surface area contributed by atoms with Crippen molar-refractivity contribution in [2.24, 2.45) is 0 Å². The maximum absolute atomic E-state index is 2.33. The van der Waals surface area contributed by atoms with Crippen LogP contribution in [0.25, 0.3) is 0 Å². The van der Waals surface area contributed by atoms with Gasteiger partial charge in [-0.2, -0.15) is 0 Å². The molecule has 0 unspecified atom stereocenters. The summed E-state index contributed by atoms with van der Waals surface area (Å²) >= 11 is 0. The molecule has 6 heavy (non-hydrogen) atoms. The molecule has 0 spiro atoms. The van der Waals surface area contributed by atoms with Gasteiger partial charge in [-0.05, 0) is 6.92 Å². The smallest absolute Gasteiger partial charge is 0.221 e. The van der Waals surface area contributed by atoms with E-state index in [-0.39, 0.29) is 0 Å². The first-order chi connectivity index (χ1) is 2.84. The first-order valence-corrected chi connectivity index (χ1v) is 2.42. The molecule has 0 bridgehead atoms. The molecule has 0 aromatic carbocycles. The summed E-state index contributed by atoms with van der Waals surface area (Å²) in [6, 6.07) is 0.